The normalized spacial score (nSPS) is 14.1. The summed E-state index contributed by atoms with van der Waals surface area (Å²) < 4.78 is 68.0. The van der Waals surface area contributed by atoms with Crippen LogP contribution in [0.5, 0.6) is 0 Å². The summed E-state index contributed by atoms with van der Waals surface area (Å²) in [5.74, 6) is -1.34. The summed E-state index contributed by atoms with van der Waals surface area (Å²) >= 11 is 0. The summed E-state index contributed by atoms with van der Waals surface area (Å²) in [6.45, 7) is 7.17. The van der Waals surface area contributed by atoms with Crippen LogP contribution in [0.15, 0.2) is 0 Å². The monoisotopic (exact) mass is 1300 g/mol. The van der Waals surface area contributed by atoms with E-state index in [1.807, 2.05) is 0 Å². The van der Waals surface area contributed by atoms with E-state index < -0.39 is 97.5 Å². The Bertz CT molecular complexity index is 1700. The van der Waals surface area contributed by atoms with Gasteiger partial charge >= 0.3 is 39.5 Å². The summed E-state index contributed by atoms with van der Waals surface area (Å²) in [7, 11) is -9.88. The van der Waals surface area contributed by atoms with Crippen molar-refractivity contribution in [2.45, 2.75) is 374 Å². The predicted octanol–water partition coefficient (Wildman–Crippen LogP) is 19.7. The molecule has 0 aromatic rings. The molecule has 0 aromatic carbocycles. The van der Waals surface area contributed by atoms with Gasteiger partial charge in [0.2, 0.25) is 0 Å². The smallest absolute Gasteiger partial charge is 0.462 e. The third kappa shape index (κ3) is 62.8. The molecule has 0 spiro atoms. The van der Waals surface area contributed by atoms with Gasteiger partial charge in [0.15, 0.2) is 12.2 Å². The molecule has 0 fully saturated rings. The van der Waals surface area contributed by atoms with Gasteiger partial charge in [-0.3, -0.25) is 37.3 Å². The standard InChI is InChI=1S/C69H134O17P2/c1-6-9-12-15-18-19-20-21-22-23-24-25-28-32-35-40-45-50-55-69(74)86-65(59-80-67(72)53-48-43-39-34-31-29-26-27-30-33-38-41-46-51-62(4)5)61-84-88(77,78)82-57-63(70)56-81-87(75,76)83-60-64(85-68(73)54-49-44-37-17-14-11-8-3)58-79-66(71)52-47-42-36-16-13-10-7-2/h62-65,70H,6-61H2,1-5H3,(H,75,76)(H,77,78)/t63-,64+,65+/m0/s1. The molecule has 2 unspecified atom stereocenters. The number of unbranched alkanes of at least 4 members (excludes halogenated alkanes) is 41. The molecule has 3 N–H and O–H groups in total. The fourth-order valence-corrected chi connectivity index (χ4v) is 12.0. The molecule has 0 saturated carbocycles. The Morgan fingerprint density at radius 2 is 0.523 bits per heavy atom. The molecule has 0 aliphatic heterocycles. The van der Waals surface area contributed by atoms with Crippen LogP contribution in [-0.4, -0.2) is 96.7 Å². The highest BCUT2D eigenvalue weighted by Crippen LogP contribution is 2.45. The van der Waals surface area contributed by atoms with Crippen LogP contribution in [0.2, 0.25) is 0 Å². The summed E-state index contributed by atoms with van der Waals surface area (Å²) in [5, 5.41) is 10.5. The van der Waals surface area contributed by atoms with Crippen LogP contribution in [0.1, 0.15) is 356 Å². The molecular weight excluding hydrogens is 1160 g/mol. The van der Waals surface area contributed by atoms with Crippen molar-refractivity contribution in [3.63, 3.8) is 0 Å². The van der Waals surface area contributed by atoms with E-state index in [0.717, 1.165) is 121 Å². The molecule has 0 aliphatic rings. The number of phosphoric ester groups is 2. The molecule has 88 heavy (non-hydrogen) atoms. The van der Waals surface area contributed by atoms with E-state index in [9.17, 15) is 43.2 Å². The second-order valence-electron chi connectivity index (χ2n) is 25.4. The molecule has 0 rings (SSSR count). The first-order valence-corrected chi connectivity index (χ1v) is 39.1. The first-order valence-electron chi connectivity index (χ1n) is 36.1. The van der Waals surface area contributed by atoms with Gasteiger partial charge in [0, 0.05) is 25.7 Å². The number of ether oxygens (including phenoxy) is 4. The van der Waals surface area contributed by atoms with E-state index >= 15 is 0 Å². The summed E-state index contributed by atoms with van der Waals surface area (Å²) in [4.78, 5) is 72.2. The van der Waals surface area contributed by atoms with Crippen molar-refractivity contribution in [3.05, 3.63) is 0 Å². The number of hydrogen-bond donors (Lipinski definition) is 3. The number of hydrogen-bond acceptors (Lipinski definition) is 15. The zero-order valence-corrected chi connectivity index (χ0v) is 58.6. The lowest BCUT2D eigenvalue weighted by Crippen LogP contribution is -2.30. The topological polar surface area (TPSA) is 237 Å². The van der Waals surface area contributed by atoms with Gasteiger partial charge in [-0.1, -0.05) is 304 Å². The predicted molar refractivity (Wildman–Crippen MR) is 354 cm³/mol. The third-order valence-electron chi connectivity index (χ3n) is 16.0. The van der Waals surface area contributed by atoms with Crippen molar-refractivity contribution in [1.29, 1.82) is 0 Å². The van der Waals surface area contributed by atoms with Crippen LogP contribution in [-0.2, 0) is 65.4 Å². The van der Waals surface area contributed by atoms with E-state index in [0.29, 0.717) is 25.7 Å². The Labute approximate surface area is 537 Å². The maximum absolute atomic E-state index is 13.0. The van der Waals surface area contributed by atoms with Gasteiger partial charge in [-0.25, -0.2) is 9.13 Å². The average Bonchev–Trinajstić information content (AvgIpc) is 3.62. The average molecular weight is 1300 g/mol. The molecular formula is C69H134O17P2. The molecule has 0 aromatic heterocycles. The van der Waals surface area contributed by atoms with Crippen molar-refractivity contribution >= 4 is 39.5 Å². The SMILES string of the molecule is CCCCCCCCCCCCCCCCCCCCC(=O)O[C@H](COC(=O)CCCCCCCCCCCCCCCC(C)C)COP(=O)(O)OC[C@@H](O)COP(=O)(O)OC[C@@H](COC(=O)CCCCCCCCC)OC(=O)CCCCCCCCC. The number of carbonyl (C=O) groups is 4. The number of carbonyl (C=O) groups excluding carboxylic acids is 4. The third-order valence-corrected chi connectivity index (χ3v) is 17.9. The van der Waals surface area contributed by atoms with Gasteiger partial charge in [-0.05, 0) is 31.6 Å². The number of phosphoric acid groups is 2. The van der Waals surface area contributed by atoms with Gasteiger partial charge in [0.05, 0.1) is 26.4 Å². The first kappa shape index (κ1) is 86.1. The molecule has 0 aliphatic carbocycles. The van der Waals surface area contributed by atoms with Crippen LogP contribution in [0.25, 0.3) is 0 Å². The van der Waals surface area contributed by atoms with Crippen LogP contribution >= 0.6 is 15.6 Å². The number of rotatable bonds is 69. The Kier molecular flexibility index (Phi) is 61.1. The maximum Gasteiger partial charge on any atom is 0.472 e. The van der Waals surface area contributed by atoms with E-state index in [2.05, 4.69) is 34.6 Å². The fourth-order valence-electron chi connectivity index (χ4n) is 10.5. The van der Waals surface area contributed by atoms with E-state index in [-0.39, 0.29) is 25.7 Å². The Morgan fingerprint density at radius 3 is 0.773 bits per heavy atom. The van der Waals surface area contributed by atoms with E-state index in [1.54, 1.807) is 0 Å². The lowest BCUT2D eigenvalue weighted by Gasteiger charge is -2.21. The van der Waals surface area contributed by atoms with Crippen LogP contribution in [0.4, 0.5) is 0 Å². The molecule has 0 amide bonds. The Hall–Kier alpha value is -1.94. The maximum atomic E-state index is 13.0. The molecule has 0 saturated heterocycles. The fraction of sp³-hybridized carbons (Fsp3) is 0.942. The van der Waals surface area contributed by atoms with Gasteiger partial charge in [0.25, 0.3) is 0 Å². The minimum absolute atomic E-state index is 0.104. The molecule has 522 valence electrons. The summed E-state index contributed by atoms with van der Waals surface area (Å²) in [5.41, 5.74) is 0. The van der Waals surface area contributed by atoms with Crippen LogP contribution in [0.3, 0.4) is 0 Å². The van der Waals surface area contributed by atoms with Crippen molar-refractivity contribution in [2.24, 2.45) is 5.92 Å². The quantitative estimate of drug-likeness (QED) is 0.0222. The lowest BCUT2D eigenvalue weighted by atomic mass is 10.0. The largest absolute Gasteiger partial charge is 0.472 e. The number of esters is 4. The molecule has 0 heterocycles. The van der Waals surface area contributed by atoms with Gasteiger partial charge < -0.3 is 33.8 Å². The van der Waals surface area contributed by atoms with Crippen molar-refractivity contribution in [1.82, 2.24) is 0 Å². The van der Waals surface area contributed by atoms with Crippen LogP contribution < -0.4 is 0 Å². The van der Waals surface area contributed by atoms with Gasteiger partial charge in [-0.2, -0.15) is 0 Å². The zero-order valence-electron chi connectivity index (χ0n) is 56.9. The number of aliphatic hydroxyl groups is 1. The molecule has 5 atom stereocenters. The van der Waals surface area contributed by atoms with Crippen molar-refractivity contribution < 1.29 is 80.2 Å². The lowest BCUT2D eigenvalue weighted by molar-refractivity contribution is -0.161. The van der Waals surface area contributed by atoms with E-state index in [1.165, 1.54) is 154 Å². The summed E-state index contributed by atoms with van der Waals surface area (Å²) in [6, 6.07) is 0. The van der Waals surface area contributed by atoms with Crippen molar-refractivity contribution in [3.8, 4) is 0 Å². The highest BCUT2D eigenvalue weighted by Gasteiger charge is 2.30. The van der Waals surface area contributed by atoms with E-state index in [4.69, 9.17) is 37.0 Å². The number of aliphatic hydroxyl groups excluding tert-OH is 1. The van der Waals surface area contributed by atoms with Gasteiger partial charge in [0.1, 0.15) is 19.3 Å². The Morgan fingerprint density at radius 1 is 0.307 bits per heavy atom. The highest BCUT2D eigenvalue weighted by atomic mass is 31.2. The Balaban J connectivity index is 5.14. The first-order chi connectivity index (χ1) is 42.5. The minimum Gasteiger partial charge on any atom is -0.462 e. The summed E-state index contributed by atoms with van der Waals surface area (Å²) in [6.07, 6.45) is 48.9. The second kappa shape index (κ2) is 62.5. The molecule has 19 heteroatoms. The molecule has 0 radical (unpaired) electrons. The molecule has 0 bridgehead atoms. The zero-order chi connectivity index (χ0) is 64.9. The highest BCUT2D eigenvalue weighted by molar-refractivity contribution is 7.47. The van der Waals surface area contributed by atoms with Crippen LogP contribution in [0, 0.1) is 5.92 Å². The second-order valence-corrected chi connectivity index (χ2v) is 28.3. The molecule has 17 nitrogen and oxygen atoms in total. The minimum atomic E-state index is -4.95. The van der Waals surface area contributed by atoms with Crippen molar-refractivity contribution in [2.75, 3.05) is 39.6 Å². The van der Waals surface area contributed by atoms with Gasteiger partial charge in [-0.15, -0.1) is 0 Å².